The Morgan fingerprint density at radius 2 is 1.84 bits per heavy atom. The Kier molecular flexibility index (Phi) is 4.13. The summed E-state index contributed by atoms with van der Waals surface area (Å²) in [7, 11) is -3.70. The third-order valence-electron chi connectivity index (χ3n) is 3.67. The van der Waals surface area contributed by atoms with Crippen molar-refractivity contribution in [2.75, 3.05) is 12.3 Å². The van der Waals surface area contributed by atoms with Crippen LogP contribution >= 0.6 is 0 Å². The number of sulfonamides is 1. The molecule has 0 aromatic heterocycles. The fourth-order valence-electron chi connectivity index (χ4n) is 2.59. The summed E-state index contributed by atoms with van der Waals surface area (Å²) in [5.74, 6) is 0. The molecule has 0 spiro atoms. The summed E-state index contributed by atoms with van der Waals surface area (Å²) in [5.41, 5.74) is 5.20. The summed E-state index contributed by atoms with van der Waals surface area (Å²) < 4.78 is 27.4. The highest BCUT2D eigenvalue weighted by molar-refractivity contribution is 7.89. The number of nitrogens with two attached hydrogens (primary N) is 1. The fourth-order valence-corrected chi connectivity index (χ4v) is 4.17. The Morgan fingerprint density at radius 1 is 1.21 bits per heavy atom. The number of nitrogen functional groups attached to an aromatic ring is 1. The molecular formula is C13H20N2O3S. The van der Waals surface area contributed by atoms with Crippen LogP contribution in [0, 0.1) is 0 Å². The molecule has 1 saturated carbocycles. The van der Waals surface area contributed by atoms with Crippen molar-refractivity contribution in [3.05, 3.63) is 24.3 Å². The molecule has 4 N–H and O–H groups in total. The van der Waals surface area contributed by atoms with Crippen LogP contribution in [0.5, 0.6) is 0 Å². The maximum Gasteiger partial charge on any atom is 0.243 e. The molecule has 6 heteroatoms. The van der Waals surface area contributed by atoms with Crippen LogP contribution in [0.1, 0.15) is 32.1 Å². The average Bonchev–Trinajstić information content (AvgIpc) is 2.39. The number of aliphatic hydroxyl groups is 1. The van der Waals surface area contributed by atoms with E-state index >= 15 is 0 Å². The highest BCUT2D eigenvalue weighted by atomic mass is 32.2. The quantitative estimate of drug-likeness (QED) is 0.725. The van der Waals surface area contributed by atoms with Gasteiger partial charge in [-0.25, -0.2) is 13.1 Å². The van der Waals surface area contributed by atoms with Crippen LogP contribution in [0.3, 0.4) is 0 Å². The Morgan fingerprint density at radius 3 is 2.42 bits per heavy atom. The largest absolute Gasteiger partial charge is 0.398 e. The standard InChI is InChI=1S/C13H20N2O3S/c14-11-6-2-3-7-12(11)19(17,18)15-13(10-16)8-4-1-5-9-13/h2-3,6-7,15-16H,1,4-5,8-10,14H2. The molecule has 0 amide bonds. The van der Waals surface area contributed by atoms with Crippen LogP contribution in [0.15, 0.2) is 29.2 Å². The van der Waals surface area contributed by atoms with Crippen molar-refractivity contribution in [1.82, 2.24) is 4.72 Å². The number of rotatable bonds is 4. The molecule has 106 valence electrons. The third-order valence-corrected chi connectivity index (χ3v) is 5.33. The molecule has 0 unspecified atom stereocenters. The van der Waals surface area contributed by atoms with E-state index in [1.807, 2.05) is 0 Å². The first-order valence-corrected chi connectivity index (χ1v) is 7.97. The van der Waals surface area contributed by atoms with Crippen molar-refractivity contribution in [2.24, 2.45) is 0 Å². The van der Waals surface area contributed by atoms with Crippen molar-refractivity contribution in [2.45, 2.75) is 42.5 Å². The van der Waals surface area contributed by atoms with Crippen molar-refractivity contribution in [3.63, 3.8) is 0 Å². The molecule has 0 saturated heterocycles. The molecule has 1 aliphatic rings. The Labute approximate surface area is 113 Å². The summed E-state index contributed by atoms with van der Waals surface area (Å²) in [5, 5.41) is 9.56. The molecule has 1 fully saturated rings. The second-order valence-corrected chi connectivity index (χ2v) is 6.79. The van der Waals surface area contributed by atoms with Crippen LogP contribution in [0.2, 0.25) is 0 Å². The van der Waals surface area contributed by atoms with E-state index in [0.29, 0.717) is 12.8 Å². The summed E-state index contributed by atoms with van der Waals surface area (Å²) >= 11 is 0. The zero-order chi connectivity index (χ0) is 13.9. The van der Waals surface area contributed by atoms with Gasteiger partial charge in [-0.2, -0.15) is 0 Å². The molecule has 1 aliphatic carbocycles. The summed E-state index contributed by atoms with van der Waals surface area (Å²) in [6.07, 6.45) is 4.25. The highest BCUT2D eigenvalue weighted by Gasteiger charge is 2.36. The molecule has 0 atom stereocenters. The minimum atomic E-state index is -3.70. The van der Waals surface area contributed by atoms with Gasteiger partial charge in [0.2, 0.25) is 10.0 Å². The van der Waals surface area contributed by atoms with E-state index in [-0.39, 0.29) is 17.2 Å². The summed E-state index contributed by atoms with van der Waals surface area (Å²) in [6, 6.07) is 6.36. The second-order valence-electron chi connectivity index (χ2n) is 5.14. The Bertz CT molecular complexity index is 537. The van der Waals surface area contributed by atoms with Gasteiger partial charge in [-0.1, -0.05) is 31.4 Å². The monoisotopic (exact) mass is 284 g/mol. The predicted octanol–water partition coefficient (Wildman–Crippen LogP) is 1.24. The van der Waals surface area contributed by atoms with Gasteiger partial charge in [-0.3, -0.25) is 0 Å². The average molecular weight is 284 g/mol. The number of aliphatic hydroxyl groups excluding tert-OH is 1. The van der Waals surface area contributed by atoms with Gasteiger partial charge in [0.1, 0.15) is 4.90 Å². The molecular weight excluding hydrogens is 264 g/mol. The number of benzene rings is 1. The summed E-state index contributed by atoms with van der Waals surface area (Å²) in [4.78, 5) is 0.0772. The van der Waals surface area contributed by atoms with Crippen molar-refractivity contribution >= 4 is 15.7 Å². The first-order valence-electron chi connectivity index (χ1n) is 6.48. The van der Waals surface area contributed by atoms with Crippen LogP contribution in [0.4, 0.5) is 5.69 Å². The van der Waals surface area contributed by atoms with E-state index in [2.05, 4.69) is 4.72 Å². The molecule has 0 radical (unpaired) electrons. The lowest BCUT2D eigenvalue weighted by molar-refractivity contribution is 0.142. The zero-order valence-electron chi connectivity index (χ0n) is 10.8. The van der Waals surface area contributed by atoms with E-state index in [9.17, 15) is 13.5 Å². The van der Waals surface area contributed by atoms with E-state index in [1.165, 1.54) is 6.07 Å². The van der Waals surface area contributed by atoms with Gasteiger partial charge < -0.3 is 10.8 Å². The van der Waals surface area contributed by atoms with Crippen molar-refractivity contribution < 1.29 is 13.5 Å². The maximum atomic E-state index is 12.4. The van der Waals surface area contributed by atoms with Crippen LogP contribution in [0.25, 0.3) is 0 Å². The maximum absolute atomic E-state index is 12.4. The van der Waals surface area contributed by atoms with Crippen LogP contribution in [-0.4, -0.2) is 25.7 Å². The molecule has 5 nitrogen and oxygen atoms in total. The van der Waals surface area contributed by atoms with Gasteiger partial charge in [-0.15, -0.1) is 0 Å². The van der Waals surface area contributed by atoms with Gasteiger partial charge >= 0.3 is 0 Å². The topological polar surface area (TPSA) is 92.4 Å². The number of para-hydroxylation sites is 1. The van der Waals surface area contributed by atoms with Gasteiger partial charge in [-0.05, 0) is 25.0 Å². The molecule has 19 heavy (non-hydrogen) atoms. The van der Waals surface area contributed by atoms with Gasteiger partial charge in [0, 0.05) is 0 Å². The number of anilines is 1. The first kappa shape index (κ1) is 14.3. The summed E-state index contributed by atoms with van der Waals surface area (Å²) in [6.45, 7) is -0.182. The Hall–Kier alpha value is -1.11. The van der Waals surface area contributed by atoms with E-state index in [0.717, 1.165) is 19.3 Å². The van der Waals surface area contributed by atoms with Gasteiger partial charge in [0.25, 0.3) is 0 Å². The lowest BCUT2D eigenvalue weighted by atomic mass is 9.83. The number of hydrogen-bond acceptors (Lipinski definition) is 4. The minimum Gasteiger partial charge on any atom is -0.398 e. The molecule has 1 aromatic carbocycles. The number of hydrogen-bond donors (Lipinski definition) is 3. The van der Waals surface area contributed by atoms with Gasteiger partial charge in [0.05, 0.1) is 17.8 Å². The molecule has 0 aliphatic heterocycles. The second kappa shape index (κ2) is 5.48. The molecule has 0 bridgehead atoms. The predicted molar refractivity (Wildman–Crippen MR) is 74.1 cm³/mol. The fraction of sp³-hybridized carbons (Fsp3) is 0.538. The molecule has 0 heterocycles. The van der Waals surface area contributed by atoms with E-state index in [1.54, 1.807) is 18.2 Å². The van der Waals surface area contributed by atoms with Crippen LogP contribution in [-0.2, 0) is 10.0 Å². The van der Waals surface area contributed by atoms with Gasteiger partial charge in [0.15, 0.2) is 0 Å². The minimum absolute atomic E-state index is 0.0772. The highest BCUT2D eigenvalue weighted by Crippen LogP contribution is 2.30. The molecule has 1 aromatic rings. The lowest BCUT2D eigenvalue weighted by Gasteiger charge is -2.36. The van der Waals surface area contributed by atoms with Crippen molar-refractivity contribution in [3.8, 4) is 0 Å². The lowest BCUT2D eigenvalue weighted by Crippen LogP contribution is -2.52. The SMILES string of the molecule is Nc1ccccc1S(=O)(=O)NC1(CO)CCCCC1. The smallest absolute Gasteiger partial charge is 0.243 e. The Balaban J connectivity index is 2.28. The zero-order valence-corrected chi connectivity index (χ0v) is 11.6. The third kappa shape index (κ3) is 3.08. The van der Waals surface area contributed by atoms with E-state index < -0.39 is 15.6 Å². The van der Waals surface area contributed by atoms with Crippen molar-refractivity contribution in [1.29, 1.82) is 0 Å². The molecule has 2 rings (SSSR count). The van der Waals surface area contributed by atoms with Crippen LogP contribution < -0.4 is 10.5 Å². The first-order chi connectivity index (χ1) is 8.99. The normalized spacial score (nSPS) is 19.2. The van der Waals surface area contributed by atoms with E-state index in [4.69, 9.17) is 5.73 Å². The number of nitrogens with one attached hydrogen (secondary N) is 1.